The average molecular weight is 376 g/mol. The fourth-order valence-corrected chi connectivity index (χ4v) is 4.34. The van der Waals surface area contributed by atoms with Gasteiger partial charge in [0, 0.05) is 26.7 Å². The first-order chi connectivity index (χ1) is 13.1. The van der Waals surface area contributed by atoms with Gasteiger partial charge in [-0.05, 0) is 37.8 Å². The third-order valence-electron chi connectivity index (χ3n) is 5.64. The Bertz CT molecular complexity index is 708. The first-order valence-electron chi connectivity index (χ1n) is 9.40. The lowest BCUT2D eigenvalue weighted by molar-refractivity contribution is -0.146. The summed E-state index contributed by atoms with van der Waals surface area (Å²) >= 11 is 0. The van der Waals surface area contributed by atoms with Crippen molar-refractivity contribution in [3.63, 3.8) is 0 Å². The summed E-state index contributed by atoms with van der Waals surface area (Å²) < 4.78 is 15.9. The molecule has 0 bridgehead atoms. The smallest absolute Gasteiger partial charge is 0.258 e. The summed E-state index contributed by atoms with van der Waals surface area (Å²) in [5.41, 5.74) is -0.322. The Labute approximate surface area is 160 Å². The molecule has 3 rings (SSSR count). The van der Waals surface area contributed by atoms with Crippen LogP contribution >= 0.6 is 0 Å². The molecular weight excluding hydrogens is 348 g/mol. The molecule has 0 saturated carbocycles. The van der Waals surface area contributed by atoms with Crippen molar-refractivity contribution in [1.29, 1.82) is 0 Å². The van der Waals surface area contributed by atoms with Gasteiger partial charge in [0.15, 0.2) is 11.5 Å². The highest BCUT2D eigenvalue weighted by Gasteiger charge is 2.53. The lowest BCUT2D eigenvalue weighted by Gasteiger charge is -2.44. The van der Waals surface area contributed by atoms with Crippen molar-refractivity contribution in [3.05, 3.63) is 23.8 Å². The van der Waals surface area contributed by atoms with Gasteiger partial charge in [0.25, 0.3) is 5.91 Å². The number of para-hydroxylation sites is 1. The van der Waals surface area contributed by atoms with Crippen LogP contribution in [-0.4, -0.2) is 74.7 Å². The molecule has 2 heterocycles. The van der Waals surface area contributed by atoms with E-state index < -0.39 is 5.54 Å². The summed E-state index contributed by atoms with van der Waals surface area (Å²) in [7, 11) is 4.69. The largest absolute Gasteiger partial charge is 0.493 e. The van der Waals surface area contributed by atoms with Gasteiger partial charge in [-0.15, -0.1) is 0 Å². The van der Waals surface area contributed by atoms with Gasteiger partial charge in [0.05, 0.1) is 26.4 Å². The SMILES string of the molecule is COCCN1CCCC2(CCCN2C(=O)c2cccc(OC)c2OC)C1=O. The van der Waals surface area contributed by atoms with E-state index in [4.69, 9.17) is 14.2 Å². The molecular formula is C20H28N2O5. The number of hydrogen-bond donors (Lipinski definition) is 0. The summed E-state index contributed by atoms with van der Waals surface area (Å²) in [5.74, 6) is 0.781. The normalized spacial score (nSPS) is 22.4. The number of likely N-dealkylation sites (tertiary alicyclic amines) is 2. The predicted molar refractivity (Wildman–Crippen MR) is 100 cm³/mol. The monoisotopic (exact) mass is 376 g/mol. The van der Waals surface area contributed by atoms with E-state index >= 15 is 0 Å². The van der Waals surface area contributed by atoms with Crippen LogP contribution in [-0.2, 0) is 9.53 Å². The molecule has 7 heteroatoms. The molecule has 0 aliphatic carbocycles. The van der Waals surface area contributed by atoms with E-state index in [1.807, 2.05) is 4.90 Å². The van der Waals surface area contributed by atoms with Crippen LogP contribution in [0.2, 0.25) is 0 Å². The minimum Gasteiger partial charge on any atom is -0.493 e. The zero-order valence-electron chi connectivity index (χ0n) is 16.3. The van der Waals surface area contributed by atoms with Gasteiger partial charge in [0.2, 0.25) is 5.91 Å². The molecule has 0 aromatic heterocycles. The maximum atomic E-state index is 13.4. The maximum absolute atomic E-state index is 13.4. The van der Waals surface area contributed by atoms with Crippen LogP contribution in [0.25, 0.3) is 0 Å². The second-order valence-electron chi connectivity index (χ2n) is 7.02. The summed E-state index contributed by atoms with van der Waals surface area (Å²) in [5, 5.41) is 0. The number of carbonyl (C=O) groups excluding carboxylic acids is 2. The highest BCUT2D eigenvalue weighted by Crippen LogP contribution is 2.41. The van der Waals surface area contributed by atoms with Crippen molar-refractivity contribution in [1.82, 2.24) is 9.80 Å². The Kier molecular flexibility index (Phi) is 5.89. The molecule has 2 amide bonds. The number of carbonyl (C=O) groups is 2. The molecule has 2 fully saturated rings. The van der Waals surface area contributed by atoms with E-state index in [0.717, 1.165) is 12.8 Å². The topological polar surface area (TPSA) is 68.3 Å². The summed E-state index contributed by atoms with van der Waals surface area (Å²) in [4.78, 5) is 30.3. The van der Waals surface area contributed by atoms with Crippen LogP contribution in [0.4, 0.5) is 0 Å². The van der Waals surface area contributed by atoms with Gasteiger partial charge in [-0.25, -0.2) is 0 Å². The second-order valence-corrected chi connectivity index (χ2v) is 7.02. The van der Waals surface area contributed by atoms with Crippen molar-refractivity contribution in [3.8, 4) is 11.5 Å². The number of nitrogens with zero attached hydrogens (tertiary/aromatic N) is 2. The molecule has 1 spiro atoms. The Morgan fingerprint density at radius 2 is 1.85 bits per heavy atom. The molecule has 1 aromatic rings. The molecule has 148 valence electrons. The van der Waals surface area contributed by atoms with Crippen LogP contribution in [0.3, 0.4) is 0 Å². The Hall–Kier alpha value is -2.28. The van der Waals surface area contributed by atoms with Crippen LogP contribution in [0.5, 0.6) is 11.5 Å². The first-order valence-corrected chi connectivity index (χ1v) is 9.40. The molecule has 1 unspecified atom stereocenters. The third kappa shape index (κ3) is 3.36. The minimum atomic E-state index is -0.753. The lowest BCUT2D eigenvalue weighted by Crippen LogP contribution is -2.61. The predicted octanol–water partition coefficient (Wildman–Crippen LogP) is 1.95. The zero-order valence-corrected chi connectivity index (χ0v) is 16.3. The quantitative estimate of drug-likeness (QED) is 0.759. The van der Waals surface area contributed by atoms with Crippen molar-refractivity contribution in [2.75, 3.05) is 47.6 Å². The number of ether oxygens (including phenoxy) is 3. The molecule has 0 radical (unpaired) electrons. The van der Waals surface area contributed by atoms with Gasteiger partial charge < -0.3 is 24.0 Å². The number of benzene rings is 1. The average Bonchev–Trinajstić information content (AvgIpc) is 3.12. The minimum absolute atomic E-state index is 0.0403. The standard InChI is InChI=1S/C20H28N2O5/c1-25-14-13-21-11-5-9-20(19(21)24)10-6-12-22(20)18(23)15-7-4-8-16(26-2)17(15)27-3/h4,7-8H,5-6,9-14H2,1-3H3. The van der Waals surface area contributed by atoms with Crippen LogP contribution < -0.4 is 9.47 Å². The van der Waals surface area contributed by atoms with E-state index in [1.54, 1.807) is 37.3 Å². The Morgan fingerprint density at radius 1 is 1.11 bits per heavy atom. The van der Waals surface area contributed by atoms with Crippen molar-refractivity contribution >= 4 is 11.8 Å². The highest BCUT2D eigenvalue weighted by atomic mass is 16.5. The van der Waals surface area contributed by atoms with Crippen LogP contribution in [0.1, 0.15) is 36.0 Å². The molecule has 2 aliphatic heterocycles. The lowest BCUT2D eigenvalue weighted by atomic mass is 9.85. The molecule has 0 N–H and O–H groups in total. The zero-order chi connectivity index (χ0) is 19.4. The molecule has 2 saturated heterocycles. The number of piperidine rings is 1. The van der Waals surface area contributed by atoms with Crippen molar-refractivity contribution in [2.24, 2.45) is 0 Å². The number of hydrogen-bond acceptors (Lipinski definition) is 5. The van der Waals surface area contributed by atoms with E-state index in [9.17, 15) is 9.59 Å². The van der Waals surface area contributed by atoms with Gasteiger partial charge >= 0.3 is 0 Å². The summed E-state index contributed by atoms with van der Waals surface area (Å²) in [6.45, 7) is 2.35. The molecule has 1 atom stereocenters. The van der Waals surface area contributed by atoms with E-state index in [1.165, 1.54) is 7.11 Å². The molecule has 1 aromatic carbocycles. The van der Waals surface area contributed by atoms with Crippen LogP contribution in [0, 0.1) is 0 Å². The van der Waals surface area contributed by atoms with Crippen molar-refractivity contribution < 1.29 is 23.8 Å². The number of amides is 2. The molecule has 27 heavy (non-hydrogen) atoms. The van der Waals surface area contributed by atoms with Gasteiger partial charge in [0.1, 0.15) is 5.54 Å². The Morgan fingerprint density at radius 3 is 2.52 bits per heavy atom. The summed E-state index contributed by atoms with van der Waals surface area (Å²) in [6.07, 6.45) is 3.11. The maximum Gasteiger partial charge on any atom is 0.258 e. The first kappa shape index (κ1) is 19.5. The fraction of sp³-hybridized carbons (Fsp3) is 0.600. The van der Waals surface area contributed by atoms with Gasteiger partial charge in [-0.2, -0.15) is 0 Å². The molecule has 7 nitrogen and oxygen atoms in total. The van der Waals surface area contributed by atoms with Gasteiger partial charge in [-0.1, -0.05) is 6.07 Å². The Balaban J connectivity index is 1.92. The van der Waals surface area contributed by atoms with Crippen molar-refractivity contribution in [2.45, 2.75) is 31.2 Å². The third-order valence-corrected chi connectivity index (χ3v) is 5.64. The fourth-order valence-electron chi connectivity index (χ4n) is 4.34. The second kappa shape index (κ2) is 8.17. The number of methoxy groups -OCH3 is 3. The van der Waals surface area contributed by atoms with E-state index in [-0.39, 0.29) is 11.8 Å². The number of rotatable bonds is 6. The highest BCUT2D eigenvalue weighted by molar-refractivity contribution is 6.02. The summed E-state index contributed by atoms with van der Waals surface area (Å²) in [6, 6.07) is 5.25. The van der Waals surface area contributed by atoms with Gasteiger partial charge in [-0.3, -0.25) is 9.59 Å². The van der Waals surface area contributed by atoms with E-state index in [2.05, 4.69) is 0 Å². The van der Waals surface area contributed by atoms with E-state index in [0.29, 0.717) is 56.1 Å². The molecule has 2 aliphatic rings. The van der Waals surface area contributed by atoms with Crippen LogP contribution in [0.15, 0.2) is 18.2 Å².